The summed E-state index contributed by atoms with van der Waals surface area (Å²) in [6, 6.07) is 20.4. The van der Waals surface area contributed by atoms with E-state index in [9.17, 15) is 0 Å². The Balaban J connectivity index is 0.00000300. The topological polar surface area (TPSA) is 46.1 Å². The average Bonchev–Trinajstić information content (AvgIpc) is 3.21. The van der Waals surface area contributed by atoms with E-state index in [1.54, 1.807) is 0 Å². The molecule has 0 saturated carbocycles. The number of benzene rings is 2. The maximum absolute atomic E-state index is 5.99. The normalized spacial score (nSPS) is 18.8. The maximum atomic E-state index is 5.99. The minimum Gasteiger partial charge on any atom is -0.492 e. The summed E-state index contributed by atoms with van der Waals surface area (Å²) >= 11 is 0. The van der Waals surface area contributed by atoms with Crippen molar-refractivity contribution in [2.24, 2.45) is 10.9 Å². The minimum absolute atomic E-state index is 0. The van der Waals surface area contributed by atoms with Gasteiger partial charge in [0.25, 0.3) is 0 Å². The first-order valence-corrected chi connectivity index (χ1v) is 10.1. The molecule has 2 aromatic carbocycles. The summed E-state index contributed by atoms with van der Waals surface area (Å²) in [5, 5.41) is 3.39. The van der Waals surface area contributed by atoms with Crippen molar-refractivity contribution < 1.29 is 9.47 Å². The van der Waals surface area contributed by atoms with Gasteiger partial charge in [-0.2, -0.15) is 0 Å². The van der Waals surface area contributed by atoms with E-state index in [-0.39, 0.29) is 30.1 Å². The molecule has 0 aliphatic carbocycles. The van der Waals surface area contributed by atoms with Crippen LogP contribution in [0.2, 0.25) is 0 Å². The minimum atomic E-state index is 0. The number of hydrogen-bond donors (Lipinski definition) is 1. The van der Waals surface area contributed by atoms with Crippen molar-refractivity contribution in [3.8, 4) is 5.75 Å². The lowest BCUT2D eigenvalue weighted by Crippen LogP contribution is -2.41. The number of likely N-dealkylation sites (N-methyl/N-ethyl adjacent to an activating group) is 1. The lowest BCUT2D eigenvalue weighted by Gasteiger charge is -2.23. The van der Waals surface area contributed by atoms with E-state index in [2.05, 4.69) is 48.5 Å². The molecule has 0 radical (unpaired) electrons. The highest BCUT2D eigenvalue weighted by atomic mass is 127. The van der Waals surface area contributed by atoms with E-state index >= 15 is 0 Å². The molecule has 3 rings (SSSR count). The van der Waals surface area contributed by atoms with Crippen molar-refractivity contribution in [2.75, 3.05) is 39.9 Å². The van der Waals surface area contributed by atoms with Gasteiger partial charge in [-0.05, 0) is 31.0 Å². The third-order valence-corrected chi connectivity index (χ3v) is 4.95. The van der Waals surface area contributed by atoms with Gasteiger partial charge in [-0.25, -0.2) is 0 Å². The van der Waals surface area contributed by atoms with Crippen LogP contribution in [0.5, 0.6) is 5.75 Å². The van der Waals surface area contributed by atoms with E-state index in [1.165, 1.54) is 5.56 Å². The Morgan fingerprint density at radius 1 is 1.14 bits per heavy atom. The Morgan fingerprint density at radius 3 is 2.52 bits per heavy atom. The summed E-state index contributed by atoms with van der Waals surface area (Å²) < 4.78 is 11.8. The second kappa shape index (κ2) is 12.7. The number of para-hydroxylation sites is 1. The van der Waals surface area contributed by atoms with Crippen LogP contribution in [-0.2, 0) is 4.74 Å². The molecule has 1 heterocycles. The average molecular weight is 509 g/mol. The van der Waals surface area contributed by atoms with E-state index in [0.717, 1.165) is 44.4 Å². The Morgan fingerprint density at radius 2 is 1.83 bits per heavy atom. The van der Waals surface area contributed by atoms with Crippen molar-refractivity contribution in [3.63, 3.8) is 0 Å². The highest BCUT2D eigenvalue weighted by molar-refractivity contribution is 14.0. The number of guanidine groups is 1. The Kier molecular flexibility index (Phi) is 10.3. The zero-order chi connectivity index (χ0) is 19.6. The fourth-order valence-electron chi connectivity index (χ4n) is 3.43. The van der Waals surface area contributed by atoms with Crippen molar-refractivity contribution >= 4 is 29.9 Å². The lowest BCUT2D eigenvalue weighted by molar-refractivity contribution is 0.0925. The Bertz CT molecular complexity index is 727. The number of nitrogens with one attached hydrogen (secondary N) is 1. The lowest BCUT2D eigenvalue weighted by atomic mass is 9.95. The number of ether oxygens (including phenoxy) is 2. The van der Waals surface area contributed by atoms with Gasteiger partial charge >= 0.3 is 0 Å². The van der Waals surface area contributed by atoms with Crippen LogP contribution in [0.15, 0.2) is 65.7 Å². The summed E-state index contributed by atoms with van der Waals surface area (Å²) in [6.45, 7) is 5.87. The monoisotopic (exact) mass is 509 g/mol. The molecule has 2 atom stereocenters. The molecule has 0 bridgehead atoms. The molecule has 29 heavy (non-hydrogen) atoms. The summed E-state index contributed by atoms with van der Waals surface area (Å²) in [4.78, 5) is 7.02. The quantitative estimate of drug-likeness (QED) is 0.327. The molecule has 0 amide bonds. The van der Waals surface area contributed by atoms with Gasteiger partial charge in [0, 0.05) is 32.7 Å². The SMILES string of the molecule is CCNC(=NCC1CCOC1c1ccccc1)N(C)CCOc1ccccc1.I. The molecule has 2 unspecified atom stereocenters. The predicted molar refractivity (Wildman–Crippen MR) is 129 cm³/mol. The van der Waals surface area contributed by atoms with Gasteiger partial charge in [-0.1, -0.05) is 48.5 Å². The van der Waals surface area contributed by atoms with Crippen molar-refractivity contribution in [1.29, 1.82) is 0 Å². The third-order valence-electron chi connectivity index (χ3n) is 4.95. The standard InChI is InChI=1S/C23H31N3O2.HI/c1-3-24-23(26(2)15-17-27-21-12-8-5-9-13-21)25-18-20-14-16-28-22(20)19-10-6-4-7-11-19;/h4-13,20,22H,3,14-18H2,1-2H3,(H,24,25);1H. The zero-order valence-corrected chi connectivity index (χ0v) is 19.6. The molecule has 158 valence electrons. The first-order chi connectivity index (χ1) is 13.8. The predicted octanol–water partition coefficient (Wildman–Crippen LogP) is 4.36. The van der Waals surface area contributed by atoms with Gasteiger partial charge in [0.1, 0.15) is 12.4 Å². The fraction of sp³-hybridized carbons (Fsp3) is 0.435. The van der Waals surface area contributed by atoms with Crippen LogP contribution in [0.3, 0.4) is 0 Å². The Hall–Kier alpha value is -1.80. The molecule has 1 fully saturated rings. The van der Waals surface area contributed by atoms with E-state index < -0.39 is 0 Å². The van der Waals surface area contributed by atoms with E-state index in [1.807, 2.05) is 36.4 Å². The van der Waals surface area contributed by atoms with Gasteiger partial charge < -0.3 is 19.7 Å². The van der Waals surface area contributed by atoms with Crippen LogP contribution in [-0.4, -0.2) is 50.8 Å². The molecule has 2 aromatic rings. The van der Waals surface area contributed by atoms with E-state index in [0.29, 0.717) is 12.5 Å². The van der Waals surface area contributed by atoms with Crippen LogP contribution < -0.4 is 10.1 Å². The van der Waals surface area contributed by atoms with Crippen LogP contribution in [0.25, 0.3) is 0 Å². The number of nitrogens with zero attached hydrogens (tertiary/aromatic N) is 2. The second-order valence-electron chi connectivity index (χ2n) is 7.03. The molecule has 1 saturated heterocycles. The molecule has 1 N–H and O–H groups in total. The van der Waals surface area contributed by atoms with Gasteiger partial charge in [0.15, 0.2) is 5.96 Å². The molecule has 0 spiro atoms. The first-order valence-electron chi connectivity index (χ1n) is 10.1. The molecule has 1 aliphatic heterocycles. The van der Waals surface area contributed by atoms with Crippen molar-refractivity contribution in [2.45, 2.75) is 19.4 Å². The molecule has 6 heteroatoms. The van der Waals surface area contributed by atoms with Gasteiger partial charge in [-0.3, -0.25) is 4.99 Å². The van der Waals surface area contributed by atoms with Crippen molar-refractivity contribution in [1.82, 2.24) is 10.2 Å². The summed E-state index contributed by atoms with van der Waals surface area (Å²) in [6.07, 6.45) is 1.18. The second-order valence-corrected chi connectivity index (χ2v) is 7.03. The summed E-state index contributed by atoms with van der Waals surface area (Å²) in [7, 11) is 2.05. The number of aliphatic imine (C=N–C) groups is 1. The smallest absolute Gasteiger partial charge is 0.193 e. The third kappa shape index (κ3) is 7.19. The van der Waals surface area contributed by atoms with Gasteiger partial charge in [0.2, 0.25) is 0 Å². The number of halogens is 1. The van der Waals surface area contributed by atoms with Gasteiger partial charge in [-0.15, -0.1) is 24.0 Å². The molecule has 5 nitrogen and oxygen atoms in total. The van der Waals surface area contributed by atoms with Crippen LogP contribution >= 0.6 is 24.0 Å². The molecular formula is C23H32IN3O2. The van der Waals surface area contributed by atoms with Gasteiger partial charge in [0.05, 0.1) is 12.6 Å². The van der Waals surface area contributed by atoms with Crippen LogP contribution in [0, 0.1) is 5.92 Å². The largest absolute Gasteiger partial charge is 0.492 e. The maximum Gasteiger partial charge on any atom is 0.193 e. The first kappa shape index (κ1) is 23.5. The Labute approximate surface area is 191 Å². The van der Waals surface area contributed by atoms with E-state index in [4.69, 9.17) is 14.5 Å². The number of hydrogen-bond acceptors (Lipinski definition) is 3. The van der Waals surface area contributed by atoms with Crippen molar-refractivity contribution in [3.05, 3.63) is 66.2 Å². The molecule has 0 aromatic heterocycles. The molecular weight excluding hydrogens is 477 g/mol. The highest BCUT2D eigenvalue weighted by Gasteiger charge is 2.29. The summed E-state index contributed by atoms with van der Waals surface area (Å²) in [5.41, 5.74) is 1.25. The zero-order valence-electron chi connectivity index (χ0n) is 17.3. The van der Waals surface area contributed by atoms with Crippen LogP contribution in [0.1, 0.15) is 25.0 Å². The number of rotatable bonds is 8. The highest BCUT2D eigenvalue weighted by Crippen LogP contribution is 2.34. The molecule has 1 aliphatic rings. The fourth-order valence-corrected chi connectivity index (χ4v) is 3.43. The summed E-state index contributed by atoms with van der Waals surface area (Å²) in [5.74, 6) is 2.22. The van der Waals surface area contributed by atoms with Crippen LogP contribution in [0.4, 0.5) is 0 Å².